The fourth-order valence-electron chi connectivity index (χ4n) is 4.67. The first-order valence-corrected chi connectivity index (χ1v) is 14.4. The number of carbonyl (C=O) groups is 2. The van der Waals surface area contributed by atoms with E-state index in [0.717, 1.165) is 16.9 Å². The molecule has 1 spiro atoms. The molecule has 0 bridgehead atoms. The smallest absolute Gasteiger partial charge is 0.250 e. The van der Waals surface area contributed by atoms with Crippen LogP contribution >= 0.6 is 0 Å². The van der Waals surface area contributed by atoms with Gasteiger partial charge >= 0.3 is 0 Å². The number of nitrogens with one attached hydrogen (secondary N) is 1. The van der Waals surface area contributed by atoms with Crippen molar-refractivity contribution in [3.8, 4) is 5.75 Å². The molecule has 5 nitrogen and oxygen atoms in total. The largest absolute Gasteiger partial charge is 0.544 e. The predicted molar refractivity (Wildman–Crippen MR) is 129 cm³/mol. The number of hydrogen-bond acceptors (Lipinski definition) is 3. The monoisotopic (exact) mass is 450 g/mol. The molecule has 2 heterocycles. The van der Waals surface area contributed by atoms with Crippen LogP contribution < -0.4 is 9.74 Å². The zero-order valence-corrected chi connectivity index (χ0v) is 20.8. The third-order valence-corrected chi connectivity index (χ3v) is 11.9. The first-order valence-electron chi connectivity index (χ1n) is 11.5. The van der Waals surface area contributed by atoms with Crippen LogP contribution in [0, 0.1) is 0 Å². The Morgan fingerprint density at radius 1 is 1.06 bits per heavy atom. The van der Waals surface area contributed by atoms with E-state index in [0.29, 0.717) is 25.9 Å². The zero-order chi connectivity index (χ0) is 23.1. The molecule has 0 saturated carbocycles. The van der Waals surface area contributed by atoms with Gasteiger partial charge in [0.05, 0.1) is 0 Å². The summed E-state index contributed by atoms with van der Waals surface area (Å²) >= 11 is 0. The van der Waals surface area contributed by atoms with Crippen molar-refractivity contribution >= 4 is 20.1 Å². The van der Waals surface area contributed by atoms with Crippen molar-refractivity contribution in [3.63, 3.8) is 0 Å². The van der Waals surface area contributed by atoms with Gasteiger partial charge in [-0.05, 0) is 47.8 Å². The lowest BCUT2D eigenvalue weighted by molar-refractivity contribution is -0.140. The van der Waals surface area contributed by atoms with Crippen molar-refractivity contribution in [3.05, 3.63) is 65.7 Å². The third-order valence-electron chi connectivity index (χ3n) is 7.58. The average molecular weight is 451 g/mol. The van der Waals surface area contributed by atoms with Gasteiger partial charge in [-0.15, -0.1) is 0 Å². The summed E-state index contributed by atoms with van der Waals surface area (Å²) in [7, 11) is -1.92. The first-order chi connectivity index (χ1) is 15.0. The Labute approximate surface area is 192 Å². The highest BCUT2D eigenvalue weighted by molar-refractivity contribution is 6.74. The molecule has 0 radical (unpaired) electrons. The Hall–Kier alpha value is -2.60. The summed E-state index contributed by atoms with van der Waals surface area (Å²) in [6, 6.07) is 18.1. The molecule has 2 aromatic carbocycles. The molecule has 32 heavy (non-hydrogen) atoms. The van der Waals surface area contributed by atoms with Gasteiger partial charge in [0.1, 0.15) is 11.3 Å². The van der Waals surface area contributed by atoms with Gasteiger partial charge in [-0.3, -0.25) is 9.59 Å². The highest BCUT2D eigenvalue weighted by atomic mass is 28.4. The highest BCUT2D eigenvalue weighted by Gasteiger charge is 2.59. The molecule has 2 atom stereocenters. The molecule has 2 aliphatic rings. The third kappa shape index (κ3) is 3.85. The van der Waals surface area contributed by atoms with Gasteiger partial charge in [0, 0.05) is 25.4 Å². The Kier molecular flexibility index (Phi) is 5.69. The second-order valence-corrected chi connectivity index (χ2v) is 15.3. The van der Waals surface area contributed by atoms with Gasteiger partial charge in [-0.1, -0.05) is 63.2 Å². The lowest BCUT2D eigenvalue weighted by Gasteiger charge is -2.38. The summed E-state index contributed by atoms with van der Waals surface area (Å²) < 4.78 is 6.43. The lowest BCUT2D eigenvalue weighted by atomic mass is 9.79. The molecule has 2 aromatic rings. The van der Waals surface area contributed by atoms with Crippen LogP contribution in [0.25, 0.3) is 0 Å². The van der Waals surface area contributed by atoms with Crippen LogP contribution in [-0.4, -0.2) is 37.1 Å². The number of amides is 2. The molecule has 170 valence electrons. The van der Waals surface area contributed by atoms with Crippen LogP contribution in [0.15, 0.2) is 54.6 Å². The average Bonchev–Trinajstić information content (AvgIpc) is 3.24. The van der Waals surface area contributed by atoms with Crippen molar-refractivity contribution in [2.45, 2.75) is 69.7 Å². The van der Waals surface area contributed by atoms with Crippen LogP contribution in [0.2, 0.25) is 18.1 Å². The van der Waals surface area contributed by atoms with E-state index in [1.54, 1.807) is 0 Å². The maximum absolute atomic E-state index is 13.2. The fraction of sp³-hybridized carbons (Fsp3) is 0.462. The van der Waals surface area contributed by atoms with Crippen LogP contribution in [0.5, 0.6) is 5.75 Å². The molecule has 2 aliphatic heterocycles. The van der Waals surface area contributed by atoms with Gasteiger partial charge < -0.3 is 14.6 Å². The Bertz CT molecular complexity index is 998. The molecule has 0 aliphatic carbocycles. The standard InChI is InChI=1S/C26H34N2O3Si/c1-25(2,3)32(4,5)31-21-13-11-20(12-14-21)22-17-27-24(30)26(22)16-15-23(29)28(26)18-19-9-7-6-8-10-19/h6-14,22H,15-18H2,1-5H3,(H,27,30)/t22-,26+/m1/s1. The highest BCUT2D eigenvalue weighted by Crippen LogP contribution is 2.46. The minimum atomic E-state index is -1.92. The predicted octanol–water partition coefficient (Wildman–Crippen LogP) is 4.85. The fourth-order valence-corrected chi connectivity index (χ4v) is 5.70. The normalized spacial score (nSPS) is 23.7. The SMILES string of the molecule is CC(C)(C)[Si](C)(C)Oc1ccc([C@H]2CNC(=O)[C@]23CCC(=O)N3Cc2ccccc2)cc1. The number of likely N-dealkylation sites (tertiary alicyclic amines) is 1. The quantitative estimate of drug-likeness (QED) is 0.663. The van der Waals surface area contributed by atoms with Gasteiger partial charge in [0.15, 0.2) is 0 Å². The lowest BCUT2D eigenvalue weighted by Crippen LogP contribution is -2.53. The van der Waals surface area contributed by atoms with E-state index in [9.17, 15) is 9.59 Å². The Balaban J connectivity index is 1.62. The molecule has 0 aromatic heterocycles. The van der Waals surface area contributed by atoms with Crippen LogP contribution in [0.3, 0.4) is 0 Å². The molecule has 2 saturated heterocycles. The van der Waals surface area contributed by atoms with Crippen LogP contribution in [0.4, 0.5) is 0 Å². The van der Waals surface area contributed by atoms with Crippen molar-refractivity contribution < 1.29 is 14.0 Å². The van der Waals surface area contributed by atoms with Crippen molar-refractivity contribution in [1.29, 1.82) is 0 Å². The molecule has 0 unspecified atom stereocenters. The minimum Gasteiger partial charge on any atom is -0.544 e. The van der Waals surface area contributed by atoms with Gasteiger partial charge in [-0.25, -0.2) is 0 Å². The van der Waals surface area contributed by atoms with Gasteiger partial charge in [-0.2, -0.15) is 0 Å². The topological polar surface area (TPSA) is 58.6 Å². The summed E-state index contributed by atoms with van der Waals surface area (Å²) in [4.78, 5) is 27.9. The minimum absolute atomic E-state index is 0.0362. The molecular formula is C26H34N2O3Si. The van der Waals surface area contributed by atoms with Crippen LogP contribution in [-0.2, 0) is 16.1 Å². The van der Waals surface area contributed by atoms with Crippen molar-refractivity contribution in [2.24, 2.45) is 0 Å². The van der Waals surface area contributed by atoms with E-state index < -0.39 is 13.9 Å². The molecule has 6 heteroatoms. The Morgan fingerprint density at radius 2 is 1.72 bits per heavy atom. The van der Waals surface area contributed by atoms with Gasteiger partial charge in [0.2, 0.25) is 20.1 Å². The summed E-state index contributed by atoms with van der Waals surface area (Å²) in [6.07, 6.45) is 0.959. The molecule has 1 N–H and O–H groups in total. The zero-order valence-electron chi connectivity index (χ0n) is 19.8. The molecule has 2 amide bonds. The first kappa shape index (κ1) is 22.6. The van der Waals surface area contributed by atoms with E-state index in [1.807, 2.05) is 47.4 Å². The Morgan fingerprint density at radius 3 is 2.34 bits per heavy atom. The number of nitrogens with zero attached hydrogens (tertiary/aromatic N) is 1. The number of hydrogen-bond donors (Lipinski definition) is 1. The molecular weight excluding hydrogens is 416 g/mol. The number of rotatable bonds is 5. The van der Waals surface area contributed by atoms with Crippen molar-refractivity contribution in [1.82, 2.24) is 10.2 Å². The number of carbonyl (C=O) groups excluding carboxylic acids is 2. The maximum atomic E-state index is 13.2. The van der Waals surface area contributed by atoms with Crippen LogP contribution in [0.1, 0.15) is 50.7 Å². The second-order valence-electron chi connectivity index (χ2n) is 10.6. The maximum Gasteiger partial charge on any atom is 0.250 e. The van der Waals surface area contributed by atoms with E-state index in [2.05, 4.69) is 51.3 Å². The summed E-state index contributed by atoms with van der Waals surface area (Å²) in [5.74, 6) is 0.807. The summed E-state index contributed by atoms with van der Waals surface area (Å²) in [5.41, 5.74) is 1.28. The van der Waals surface area contributed by atoms with Crippen molar-refractivity contribution in [2.75, 3.05) is 6.54 Å². The van der Waals surface area contributed by atoms with E-state index in [1.165, 1.54) is 0 Å². The summed E-state index contributed by atoms with van der Waals surface area (Å²) in [5, 5.41) is 3.18. The molecule has 4 rings (SSSR count). The van der Waals surface area contributed by atoms with E-state index in [4.69, 9.17) is 4.43 Å². The van der Waals surface area contributed by atoms with E-state index in [-0.39, 0.29) is 22.8 Å². The second kappa shape index (κ2) is 8.07. The van der Waals surface area contributed by atoms with E-state index >= 15 is 0 Å². The molecule has 2 fully saturated rings. The number of benzene rings is 2. The summed E-state index contributed by atoms with van der Waals surface area (Å²) in [6.45, 7) is 12.2. The van der Waals surface area contributed by atoms with Gasteiger partial charge in [0.25, 0.3) is 0 Å².